The number of benzene rings is 2. The zero-order valence-electron chi connectivity index (χ0n) is 11.1. The van der Waals surface area contributed by atoms with Crippen LogP contribution in [0.15, 0.2) is 53.4 Å². The van der Waals surface area contributed by atoms with E-state index in [1.54, 1.807) is 0 Å². The van der Waals surface area contributed by atoms with Crippen LogP contribution in [-0.2, 0) is 10.1 Å². The van der Waals surface area contributed by atoms with Gasteiger partial charge < -0.3 is 6.16 Å². The van der Waals surface area contributed by atoms with Crippen molar-refractivity contribution in [3.05, 3.63) is 54.3 Å². The van der Waals surface area contributed by atoms with E-state index in [-0.39, 0.29) is 41.7 Å². The van der Waals surface area contributed by atoms with E-state index in [0.29, 0.717) is 11.5 Å². The Morgan fingerprint density at radius 2 is 1.37 bits per heavy atom. The molecule has 0 aliphatic rings. The fourth-order valence-corrected chi connectivity index (χ4v) is 1.80. The van der Waals surface area contributed by atoms with E-state index in [9.17, 15) is 12.8 Å². The van der Waals surface area contributed by atoms with Crippen molar-refractivity contribution in [2.45, 2.75) is 4.90 Å². The van der Waals surface area contributed by atoms with Crippen LogP contribution < -0.4 is 34.3 Å². The van der Waals surface area contributed by atoms with Crippen molar-refractivity contribution in [2.24, 2.45) is 0 Å². The number of hydrogen-bond acceptors (Lipinski definition) is 3. The van der Waals surface area contributed by atoms with Gasteiger partial charge in [0.1, 0.15) is 17.3 Å². The van der Waals surface area contributed by atoms with Gasteiger partial charge in [-0.3, -0.25) is 4.55 Å². The summed E-state index contributed by atoms with van der Waals surface area (Å²) in [4.78, 5) is -0.214. The molecule has 0 atom stereocenters. The van der Waals surface area contributed by atoms with Crippen molar-refractivity contribution in [3.63, 3.8) is 0 Å². The van der Waals surface area contributed by atoms with Gasteiger partial charge in [-0.15, -0.1) is 0 Å². The van der Waals surface area contributed by atoms with Crippen LogP contribution in [0.3, 0.4) is 0 Å². The monoisotopic (exact) mass is 292 g/mol. The van der Waals surface area contributed by atoms with Gasteiger partial charge in [0.2, 0.25) is 0 Å². The maximum Gasteiger partial charge on any atom is 1.00 e. The van der Waals surface area contributed by atoms with Crippen molar-refractivity contribution < 1.29 is 53.1 Å². The zero-order valence-corrected chi connectivity index (χ0v) is 12.9. The van der Waals surface area contributed by atoms with Crippen LogP contribution in [0.2, 0.25) is 0 Å². The molecule has 2 aromatic rings. The molecule has 0 saturated heterocycles. The molecule has 0 aliphatic carbocycles. The summed E-state index contributed by atoms with van der Waals surface area (Å²) in [6, 6.07) is 10.6. The largest absolute Gasteiger partial charge is 1.00 e. The van der Waals surface area contributed by atoms with Crippen molar-refractivity contribution in [1.82, 2.24) is 0 Å². The Bertz CT molecular complexity index is 644. The first-order chi connectivity index (χ1) is 8.45. The molecule has 0 saturated carbocycles. The van der Waals surface area contributed by atoms with E-state index >= 15 is 0 Å². The molecule has 96 valence electrons. The van der Waals surface area contributed by atoms with E-state index < -0.39 is 10.1 Å². The summed E-state index contributed by atoms with van der Waals surface area (Å²) < 4.78 is 48.4. The van der Waals surface area contributed by atoms with Gasteiger partial charge in [-0.05, 0) is 48.5 Å². The third-order valence-corrected chi connectivity index (χ3v) is 3.04. The third-order valence-electron chi connectivity index (χ3n) is 2.17. The SMILES string of the molecule is O=S(=O)(O)c1ccc(Oc2ccc(F)cc2)cc1.[H-].[Na+]. The molecule has 0 heterocycles. The Morgan fingerprint density at radius 3 is 1.79 bits per heavy atom. The Kier molecular flexibility index (Phi) is 5.51. The van der Waals surface area contributed by atoms with Crippen LogP contribution >= 0.6 is 0 Å². The molecule has 7 heteroatoms. The minimum absolute atomic E-state index is 0. The second-order valence-electron chi connectivity index (χ2n) is 3.50. The van der Waals surface area contributed by atoms with Gasteiger partial charge in [0, 0.05) is 0 Å². The minimum atomic E-state index is -4.20. The summed E-state index contributed by atoms with van der Waals surface area (Å²) in [5, 5.41) is 0. The standard InChI is InChI=1S/C12H9FO4S.Na.H/c13-9-1-3-10(4-2-9)17-11-5-7-12(8-6-11)18(14,15)16;;/h1-8H,(H,14,15,16);;/q;+1;-1. The molecule has 2 aromatic carbocycles. The smallest absolute Gasteiger partial charge is 1.00 e. The first kappa shape index (κ1) is 16.1. The summed E-state index contributed by atoms with van der Waals surface area (Å²) >= 11 is 0. The van der Waals surface area contributed by atoms with Crippen molar-refractivity contribution >= 4 is 10.1 Å². The molecular weight excluding hydrogens is 282 g/mol. The predicted octanol–water partition coefficient (Wildman–Crippen LogP) is -0.0188. The van der Waals surface area contributed by atoms with Crippen molar-refractivity contribution in [3.8, 4) is 11.5 Å². The molecule has 0 amide bonds. The van der Waals surface area contributed by atoms with Gasteiger partial charge in [-0.1, -0.05) is 0 Å². The van der Waals surface area contributed by atoms with E-state index in [1.165, 1.54) is 48.5 Å². The fourth-order valence-electron chi connectivity index (χ4n) is 1.32. The Morgan fingerprint density at radius 1 is 0.947 bits per heavy atom. The molecule has 4 nitrogen and oxygen atoms in total. The summed E-state index contributed by atoms with van der Waals surface area (Å²) in [7, 11) is -4.20. The number of halogens is 1. The molecule has 0 aromatic heterocycles. The molecule has 2 rings (SSSR count). The van der Waals surface area contributed by atoms with Crippen LogP contribution in [0.4, 0.5) is 4.39 Å². The second kappa shape index (κ2) is 6.49. The average Bonchev–Trinajstić information content (AvgIpc) is 2.32. The van der Waals surface area contributed by atoms with Crippen LogP contribution in [0.25, 0.3) is 0 Å². The van der Waals surface area contributed by atoms with E-state index in [4.69, 9.17) is 9.29 Å². The molecule has 0 bridgehead atoms. The van der Waals surface area contributed by atoms with Gasteiger partial charge in [0.15, 0.2) is 0 Å². The quantitative estimate of drug-likeness (QED) is 0.638. The molecular formula is C12H10FNaO4S. The minimum Gasteiger partial charge on any atom is -1.00 e. The number of ether oxygens (including phenoxy) is 1. The molecule has 0 aliphatic heterocycles. The van der Waals surface area contributed by atoms with Gasteiger partial charge in [0.05, 0.1) is 4.90 Å². The van der Waals surface area contributed by atoms with Crippen LogP contribution in [0.5, 0.6) is 11.5 Å². The Balaban J connectivity index is 0.00000180. The van der Waals surface area contributed by atoms with Gasteiger partial charge in [-0.25, -0.2) is 4.39 Å². The first-order valence-electron chi connectivity index (χ1n) is 4.96. The van der Waals surface area contributed by atoms with E-state index in [0.717, 1.165) is 0 Å². The third kappa shape index (κ3) is 4.59. The van der Waals surface area contributed by atoms with Gasteiger partial charge in [0.25, 0.3) is 10.1 Å². The Labute approximate surface area is 133 Å². The second-order valence-corrected chi connectivity index (χ2v) is 4.92. The number of hydrogen-bond donors (Lipinski definition) is 1. The first-order valence-corrected chi connectivity index (χ1v) is 6.40. The van der Waals surface area contributed by atoms with E-state index in [2.05, 4.69) is 0 Å². The van der Waals surface area contributed by atoms with Crippen molar-refractivity contribution in [1.29, 1.82) is 0 Å². The molecule has 0 unspecified atom stereocenters. The maximum atomic E-state index is 12.7. The molecule has 0 spiro atoms. The summed E-state index contributed by atoms with van der Waals surface area (Å²) in [5.74, 6) is 0.439. The van der Waals surface area contributed by atoms with Crippen LogP contribution in [0, 0.1) is 5.82 Å². The summed E-state index contributed by atoms with van der Waals surface area (Å²) in [6.45, 7) is 0. The summed E-state index contributed by atoms with van der Waals surface area (Å²) in [5.41, 5.74) is 0. The van der Waals surface area contributed by atoms with Crippen LogP contribution in [-0.4, -0.2) is 13.0 Å². The van der Waals surface area contributed by atoms with Crippen LogP contribution in [0.1, 0.15) is 1.43 Å². The predicted molar refractivity (Wildman–Crippen MR) is 63.8 cm³/mol. The maximum absolute atomic E-state index is 12.7. The van der Waals surface area contributed by atoms with E-state index in [1.807, 2.05) is 0 Å². The average molecular weight is 292 g/mol. The fraction of sp³-hybridized carbons (Fsp3) is 0. The summed E-state index contributed by atoms with van der Waals surface area (Å²) in [6.07, 6.45) is 0. The molecule has 0 radical (unpaired) electrons. The number of rotatable bonds is 3. The molecule has 1 N–H and O–H groups in total. The normalized spacial score (nSPS) is 10.6. The molecule has 19 heavy (non-hydrogen) atoms. The zero-order chi connectivity index (χ0) is 13.2. The van der Waals surface area contributed by atoms with Gasteiger partial charge in [-0.2, -0.15) is 8.42 Å². The topological polar surface area (TPSA) is 63.6 Å². The molecule has 0 fully saturated rings. The van der Waals surface area contributed by atoms with Crippen molar-refractivity contribution in [2.75, 3.05) is 0 Å². The Hall–Kier alpha value is -0.920. The van der Waals surface area contributed by atoms with Gasteiger partial charge >= 0.3 is 29.6 Å².